The minimum absolute atomic E-state index is 0.119. The first kappa shape index (κ1) is 6.78. The molecule has 0 radical (unpaired) electrons. The van der Waals surface area contributed by atoms with Gasteiger partial charge in [-0.05, 0) is 0 Å². The standard InChI is InChI=1S/C3H7NO2S/c5-2-1-3(6)4-7/h5,7H,1-2H2,(H,4,6). The minimum atomic E-state index is -0.258. The Balaban J connectivity index is 3.00. The van der Waals surface area contributed by atoms with Gasteiger partial charge in [-0.25, -0.2) is 0 Å². The van der Waals surface area contributed by atoms with Gasteiger partial charge in [-0.1, -0.05) is 12.8 Å². The summed E-state index contributed by atoms with van der Waals surface area (Å²) in [6, 6.07) is 0. The molecule has 0 aliphatic rings. The van der Waals surface area contributed by atoms with Crippen LogP contribution >= 0.6 is 12.8 Å². The fraction of sp³-hybridized carbons (Fsp3) is 0.667. The van der Waals surface area contributed by atoms with Gasteiger partial charge in [-0.15, -0.1) is 0 Å². The topological polar surface area (TPSA) is 49.3 Å². The van der Waals surface area contributed by atoms with Gasteiger partial charge in [-0.2, -0.15) is 0 Å². The number of aliphatic hydroxyl groups is 1. The summed E-state index contributed by atoms with van der Waals surface area (Å²) in [5.74, 6) is -0.258. The van der Waals surface area contributed by atoms with Gasteiger partial charge in [0.25, 0.3) is 0 Å². The van der Waals surface area contributed by atoms with Crippen LogP contribution < -0.4 is 4.72 Å². The molecule has 0 aromatic carbocycles. The van der Waals surface area contributed by atoms with Crippen LogP contribution in [0.25, 0.3) is 0 Å². The summed E-state index contributed by atoms with van der Waals surface area (Å²) >= 11 is 3.44. The highest BCUT2D eigenvalue weighted by atomic mass is 32.1. The number of nitrogens with one attached hydrogen (secondary N) is 1. The van der Waals surface area contributed by atoms with Crippen LogP contribution in [-0.2, 0) is 4.79 Å². The SMILES string of the molecule is O=C(CCO)NS. The third-order valence-corrected chi connectivity index (χ3v) is 0.713. The Kier molecular flexibility index (Phi) is 3.83. The van der Waals surface area contributed by atoms with Crippen LogP contribution in [-0.4, -0.2) is 17.6 Å². The Hall–Kier alpha value is -0.220. The number of amides is 1. The maximum absolute atomic E-state index is 10.1. The number of rotatable bonds is 2. The zero-order chi connectivity index (χ0) is 5.70. The van der Waals surface area contributed by atoms with Crippen LogP contribution in [0.1, 0.15) is 6.42 Å². The molecule has 42 valence electrons. The molecule has 0 spiro atoms. The molecule has 4 heteroatoms. The predicted molar refractivity (Wildman–Crippen MR) is 28.8 cm³/mol. The second-order valence-electron chi connectivity index (χ2n) is 1.01. The molecule has 0 aliphatic carbocycles. The lowest BCUT2D eigenvalue weighted by molar-refractivity contribution is -0.119. The molecular weight excluding hydrogens is 114 g/mol. The monoisotopic (exact) mass is 121 g/mol. The van der Waals surface area contributed by atoms with Gasteiger partial charge in [0, 0.05) is 0 Å². The van der Waals surface area contributed by atoms with Crippen molar-refractivity contribution in [3.63, 3.8) is 0 Å². The maximum Gasteiger partial charge on any atom is 0.231 e. The average Bonchev–Trinajstić information content (AvgIpc) is 1.68. The van der Waals surface area contributed by atoms with E-state index in [1.165, 1.54) is 0 Å². The molecule has 0 atom stereocenters. The predicted octanol–water partition coefficient (Wildman–Crippen LogP) is -0.670. The molecule has 0 unspecified atom stereocenters. The highest BCUT2D eigenvalue weighted by molar-refractivity contribution is 7.78. The molecule has 7 heavy (non-hydrogen) atoms. The first-order chi connectivity index (χ1) is 3.31. The summed E-state index contributed by atoms with van der Waals surface area (Å²) in [7, 11) is 0. The van der Waals surface area contributed by atoms with Crippen molar-refractivity contribution >= 4 is 18.7 Å². The van der Waals surface area contributed by atoms with E-state index in [2.05, 4.69) is 17.5 Å². The van der Waals surface area contributed by atoms with Gasteiger partial charge >= 0.3 is 0 Å². The number of hydrogen-bond acceptors (Lipinski definition) is 3. The molecular formula is C3H7NO2S. The third-order valence-electron chi connectivity index (χ3n) is 0.464. The summed E-state index contributed by atoms with van der Waals surface area (Å²) in [6.07, 6.45) is 0.128. The number of carbonyl (C=O) groups excluding carboxylic acids is 1. The van der Waals surface area contributed by atoms with Crippen molar-refractivity contribution in [2.24, 2.45) is 0 Å². The molecule has 0 saturated carbocycles. The lowest BCUT2D eigenvalue weighted by atomic mass is 10.4. The Bertz CT molecular complexity index is 66.0. The van der Waals surface area contributed by atoms with Gasteiger partial charge in [0.15, 0.2) is 0 Å². The van der Waals surface area contributed by atoms with Crippen LogP contribution in [0.4, 0.5) is 0 Å². The molecule has 0 aliphatic heterocycles. The summed E-state index contributed by atoms with van der Waals surface area (Å²) in [5.41, 5.74) is 0. The van der Waals surface area contributed by atoms with Gasteiger partial charge in [0.05, 0.1) is 13.0 Å². The number of thiol groups is 1. The Labute approximate surface area is 47.3 Å². The van der Waals surface area contributed by atoms with E-state index in [-0.39, 0.29) is 18.9 Å². The van der Waals surface area contributed by atoms with Crippen LogP contribution in [0, 0.1) is 0 Å². The summed E-state index contributed by atoms with van der Waals surface area (Å²) in [6.45, 7) is -0.119. The maximum atomic E-state index is 10.1. The van der Waals surface area contributed by atoms with E-state index >= 15 is 0 Å². The first-order valence-corrected chi connectivity index (χ1v) is 2.29. The largest absolute Gasteiger partial charge is 0.396 e. The number of carbonyl (C=O) groups is 1. The Morgan fingerprint density at radius 1 is 1.86 bits per heavy atom. The van der Waals surface area contributed by atoms with Gasteiger partial charge in [-0.3, -0.25) is 4.79 Å². The summed E-state index contributed by atoms with van der Waals surface area (Å²) in [5, 5.41) is 8.07. The van der Waals surface area contributed by atoms with E-state index in [0.29, 0.717) is 0 Å². The zero-order valence-corrected chi connectivity index (χ0v) is 4.61. The Morgan fingerprint density at radius 2 is 2.43 bits per heavy atom. The number of hydrogen-bond donors (Lipinski definition) is 3. The molecule has 0 aromatic rings. The molecule has 0 fully saturated rings. The molecule has 0 aromatic heterocycles. The van der Waals surface area contributed by atoms with E-state index in [9.17, 15) is 4.79 Å². The van der Waals surface area contributed by atoms with Gasteiger partial charge in [0.2, 0.25) is 5.91 Å². The van der Waals surface area contributed by atoms with E-state index in [0.717, 1.165) is 0 Å². The molecule has 0 heterocycles. The first-order valence-electron chi connectivity index (χ1n) is 1.85. The van der Waals surface area contributed by atoms with Crippen molar-refractivity contribution in [1.82, 2.24) is 4.72 Å². The normalized spacial score (nSPS) is 8.29. The molecule has 1 amide bonds. The van der Waals surface area contributed by atoms with Crippen molar-refractivity contribution in [3.8, 4) is 0 Å². The highest BCUT2D eigenvalue weighted by Crippen LogP contribution is 1.74. The summed E-state index contributed by atoms with van der Waals surface area (Å²) < 4.78 is 2.06. The molecule has 0 saturated heterocycles. The second kappa shape index (κ2) is 3.95. The number of aliphatic hydroxyl groups excluding tert-OH is 1. The van der Waals surface area contributed by atoms with Crippen molar-refractivity contribution < 1.29 is 9.90 Å². The third kappa shape index (κ3) is 3.61. The second-order valence-corrected chi connectivity index (χ2v) is 1.23. The molecule has 0 bridgehead atoms. The van der Waals surface area contributed by atoms with Gasteiger partial charge in [0.1, 0.15) is 0 Å². The fourth-order valence-corrected chi connectivity index (χ4v) is 0.269. The lowest BCUT2D eigenvalue weighted by Gasteiger charge is -1.89. The minimum Gasteiger partial charge on any atom is -0.396 e. The smallest absolute Gasteiger partial charge is 0.231 e. The van der Waals surface area contributed by atoms with Crippen molar-refractivity contribution in [1.29, 1.82) is 0 Å². The van der Waals surface area contributed by atoms with Crippen molar-refractivity contribution in [2.75, 3.05) is 6.61 Å². The van der Waals surface area contributed by atoms with E-state index in [4.69, 9.17) is 5.11 Å². The lowest BCUT2D eigenvalue weighted by Crippen LogP contribution is -2.13. The van der Waals surface area contributed by atoms with E-state index < -0.39 is 0 Å². The Morgan fingerprint density at radius 3 is 2.57 bits per heavy atom. The van der Waals surface area contributed by atoms with Crippen LogP contribution in [0.5, 0.6) is 0 Å². The van der Waals surface area contributed by atoms with E-state index in [1.807, 2.05) is 0 Å². The van der Waals surface area contributed by atoms with Crippen LogP contribution in [0.2, 0.25) is 0 Å². The molecule has 2 N–H and O–H groups in total. The highest BCUT2D eigenvalue weighted by Gasteiger charge is 1.91. The van der Waals surface area contributed by atoms with E-state index in [1.54, 1.807) is 0 Å². The molecule has 3 nitrogen and oxygen atoms in total. The van der Waals surface area contributed by atoms with Gasteiger partial charge < -0.3 is 9.83 Å². The van der Waals surface area contributed by atoms with Crippen molar-refractivity contribution in [2.45, 2.75) is 6.42 Å². The summed E-state index contributed by atoms with van der Waals surface area (Å²) in [4.78, 5) is 10.1. The molecule has 0 rings (SSSR count). The quantitative estimate of drug-likeness (QED) is 0.424. The zero-order valence-electron chi connectivity index (χ0n) is 3.72. The van der Waals surface area contributed by atoms with Crippen LogP contribution in [0.3, 0.4) is 0 Å². The fourth-order valence-electron chi connectivity index (χ4n) is 0.157. The van der Waals surface area contributed by atoms with Crippen LogP contribution in [0.15, 0.2) is 0 Å². The van der Waals surface area contributed by atoms with Crippen molar-refractivity contribution in [3.05, 3.63) is 0 Å². The average molecular weight is 121 g/mol.